The zero-order valence-electron chi connectivity index (χ0n) is 16.7. The van der Waals surface area contributed by atoms with E-state index >= 15 is 0 Å². The first-order valence-corrected chi connectivity index (χ1v) is 9.55. The predicted molar refractivity (Wildman–Crippen MR) is 111 cm³/mol. The molecule has 162 valence electrons. The molecule has 0 radical (unpaired) electrons. The SMILES string of the molecule is COCc1ccccc1NC(N)=NCc1ccc(N2CCOCC2)cc1C(F)(F)F. The standard InChI is InChI=1S/C21H25F3N4O2/c1-29-14-16-4-2-3-5-19(16)27-20(25)26-13-15-6-7-17(12-18(15)21(22,23)24)28-8-10-30-11-9-28/h2-7,12H,8-11,13-14H2,1H3,(H3,25,26,27). The summed E-state index contributed by atoms with van der Waals surface area (Å²) in [5, 5.41) is 2.93. The van der Waals surface area contributed by atoms with Gasteiger partial charge in [-0.05, 0) is 23.8 Å². The van der Waals surface area contributed by atoms with Crippen LogP contribution in [0.4, 0.5) is 24.5 Å². The van der Waals surface area contributed by atoms with Crippen LogP contribution in [0.25, 0.3) is 0 Å². The molecule has 0 amide bonds. The second kappa shape index (κ2) is 9.82. The van der Waals surface area contributed by atoms with Gasteiger partial charge in [-0.25, -0.2) is 4.99 Å². The third-order valence-electron chi connectivity index (χ3n) is 4.77. The smallest absolute Gasteiger partial charge is 0.380 e. The van der Waals surface area contributed by atoms with Crippen LogP contribution in [0.1, 0.15) is 16.7 Å². The largest absolute Gasteiger partial charge is 0.416 e. The lowest BCUT2D eigenvalue weighted by molar-refractivity contribution is -0.138. The highest BCUT2D eigenvalue weighted by Crippen LogP contribution is 2.35. The minimum Gasteiger partial charge on any atom is -0.380 e. The number of aliphatic imine (C=N–C) groups is 1. The molecule has 0 atom stereocenters. The first-order chi connectivity index (χ1) is 14.4. The van der Waals surface area contributed by atoms with Gasteiger partial charge in [0.15, 0.2) is 5.96 Å². The zero-order valence-corrected chi connectivity index (χ0v) is 16.7. The first kappa shape index (κ1) is 21.9. The summed E-state index contributed by atoms with van der Waals surface area (Å²) in [6.45, 7) is 2.31. The number of benzene rings is 2. The van der Waals surface area contributed by atoms with Gasteiger partial charge in [-0.15, -0.1) is 0 Å². The third-order valence-corrected chi connectivity index (χ3v) is 4.77. The number of nitrogens with zero attached hydrogens (tertiary/aromatic N) is 2. The van der Waals surface area contributed by atoms with E-state index in [2.05, 4.69) is 10.3 Å². The minimum absolute atomic E-state index is 0.0314. The van der Waals surface area contributed by atoms with E-state index in [1.807, 2.05) is 23.1 Å². The van der Waals surface area contributed by atoms with Crippen molar-refractivity contribution in [1.82, 2.24) is 0 Å². The van der Waals surface area contributed by atoms with Crippen molar-refractivity contribution in [2.24, 2.45) is 10.7 Å². The Bertz CT molecular complexity index is 881. The van der Waals surface area contributed by atoms with Gasteiger partial charge in [0.05, 0.1) is 31.9 Å². The van der Waals surface area contributed by atoms with Crippen LogP contribution in [0.3, 0.4) is 0 Å². The number of alkyl halides is 3. The molecule has 0 unspecified atom stereocenters. The molecule has 2 aromatic rings. The highest BCUT2D eigenvalue weighted by atomic mass is 19.4. The quantitative estimate of drug-likeness (QED) is 0.550. The number of morpholine rings is 1. The number of para-hydroxylation sites is 1. The van der Waals surface area contributed by atoms with E-state index in [4.69, 9.17) is 15.2 Å². The topological polar surface area (TPSA) is 72.1 Å². The van der Waals surface area contributed by atoms with Crippen LogP contribution >= 0.6 is 0 Å². The fraction of sp³-hybridized carbons (Fsp3) is 0.381. The summed E-state index contributed by atoms with van der Waals surface area (Å²) in [4.78, 5) is 6.00. The predicted octanol–water partition coefficient (Wildman–Crippen LogP) is 3.62. The number of hydrogen-bond acceptors (Lipinski definition) is 4. The summed E-state index contributed by atoms with van der Waals surface area (Å²) in [6.07, 6.45) is -4.49. The number of anilines is 2. The number of guanidine groups is 1. The lowest BCUT2D eigenvalue weighted by atomic mass is 10.1. The maximum Gasteiger partial charge on any atom is 0.416 e. The Morgan fingerprint density at radius 1 is 1.17 bits per heavy atom. The molecule has 0 saturated carbocycles. The molecule has 0 bridgehead atoms. The van der Waals surface area contributed by atoms with Gasteiger partial charge in [0.1, 0.15) is 0 Å². The molecule has 1 saturated heterocycles. The Morgan fingerprint density at radius 3 is 2.60 bits per heavy atom. The zero-order chi connectivity index (χ0) is 21.6. The van der Waals surface area contributed by atoms with Gasteiger partial charge in [-0.1, -0.05) is 24.3 Å². The van der Waals surface area contributed by atoms with Gasteiger partial charge in [-0.3, -0.25) is 0 Å². The molecule has 1 aliphatic heterocycles. The molecule has 3 rings (SSSR count). The average molecular weight is 422 g/mol. The van der Waals surface area contributed by atoms with Gasteiger partial charge in [0, 0.05) is 37.1 Å². The molecule has 0 spiro atoms. The van der Waals surface area contributed by atoms with E-state index < -0.39 is 11.7 Å². The Kier molecular flexibility index (Phi) is 7.17. The summed E-state index contributed by atoms with van der Waals surface area (Å²) in [5.41, 5.74) is 7.36. The van der Waals surface area contributed by atoms with Crippen molar-refractivity contribution in [2.45, 2.75) is 19.3 Å². The highest BCUT2D eigenvalue weighted by Gasteiger charge is 2.34. The number of nitrogens with two attached hydrogens (primary N) is 1. The second-order valence-corrected chi connectivity index (χ2v) is 6.86. The summed E-state index contributed by atoms with van der Waals surface area (Å²) in [7, 11) is 1.58. The van der Waals surface area contributed by atoms with Crippen molar-refractivity contribution in [3.63, 3.8) is 0 Å². The van der Waals surface area contributed by atoms with Crippen LogP contribution in [0.15, 0.2) is 47.5 Å². The van der Waals surface area contributed by atoms with Crippen LogP contribution in [-0.4, -0.2) is 39.4 Å². The van der Waals surface area contributed by atoms with Crippen molar-refractivity contribution in [3.05, 3.63) is 59.2 Å². The molecule has 30 heavy (non-hydrogen) atoms. The molecule has 2 aromatic carbocycles. The van der Waals surface area contributed by atoms with E-state index in [-0.39, 0.29) is 18.1 Å². The van der Waals surface area contributed by atoms with Crippen molar-refractivity contribution in [2.75, 3.05) is 43.6 Å². The maximum atomic E-state index is 13.7. The van der Waals surface area contributed by atoms with E-state index in [0.29, 0.717) is 44.3 Å². The van der Waals surface area contributed by atoms with Crippen molar-refractivity contribution >= 4 is 17.3 Å². The van der Waals surface area contributed by atoms with E-state index in [1.165, 1.54) is 12.1 Å². The molecule has 1 heterocycles. The minimum atomic E-state index is -4.49. The fourth-order valence-electron chi connectivity index (χ4n) is 3.26. The van der Waals surface area contributed by atoms with Crippen LogP contribution in [0.5, 0.6) is 0 Å². The Balaban J connectivity index is 1.78. The van der Waals surface area contributed by atoms with Gasteiger partial charge >= 0.3 is 6.18 Å². The Hall–Kier alpha value is -2.78. The number of nitrogens with one attached hydrogen (secondary N) is 1. The Morgan fingerprint density at radius 2 is 1.90 bits per heavy atom. The van der Waals surface area contributed by atoms with Gasteiger partial charge in [0.2, 0.25) is 0 Å². The van der Waals surface area contributed by atoms with Gasteiger partial charge < -0.3 is 25.4 Å². The number of ether oxygens (including phenoxy) is 2. The molecule has 3 N–H and O–H groups in total. The maximum absolute atomic E-state index is 13.7. The van der Waals surface area contributed by atoms with Crippen LogP contribution in [0, 0.1) is 0 Å². The van der Waals surface area contributed by atoms with Crippen LogP contribution in [0.2, 0.25) is 0 Å². The van der Waals surface area contributed by atoms with E-state index in [0.717, 1.165) is 5.56 Å². The van der Waals surface area contributed by atoms with Crippen LogP contribution < -0.4 is 16.0 Å². The van der Waals surface area contributed by atoms with Crippen molar-refractivity contribution in [3.8, 4) is 0 Å². The summed E-state index contributed by atoms with van der Waals surface area (Å²) in [5.74, 6) is 0.0314. The molecular weight excluding hydrogens is 397 g/mol. The second-order valence-electron chi connectivity index (χ2n) is 6.86. The highest BCUT2D eigenvalue weighted by molar-refractivity contribution is 5.93. The normalized spacial score (nSPS) is 15.3. The lowest BCUT2D eigenvalue weighted by Gasteiger charge is -2.29. The van der Waals surface area contributed by atoms with Gasteiger partial charge in [-0.2, -0.15) is 13.2 Å². The van der Waals surface area contributed by atoms with Gasteiger partial charge in [0.25, 0.3) is 0 Å². The number of rotatable bonds is 6. The molecule has 1 aliphatic rings. The monoisotopic (exact) mass is 422 g/mol. The molecule has 0 aromatic heterocycles. The molecule has 6 nitrogen and oxygen atoms in total. The summed E-state index contributed by atoms with van der Waals surface area (Å²) >= 11 is 0. The lowest BCUT2D eigenvalue weighted by Crippen LogP contribution is -2.36. The van der Waals surface area contributed by atoms with Crippen molar-refractivity contribution < 1.29 is 22.6 Å². The van der Waals surface area contributed by atoms with E-state index in [9.17, 15) is 13.2 Å². The summed E-state index contributed by atoms with van der Waals surface area (Å²) in [6, 6.07) is 11.7. The third kappa shape index (κ3) is 5.64. The summed E-state index contributed by atoms with van der Waals surface area (Å²) < 4.78 is 51.4. The number of methoxy groups -OCH3 is 1. The fourth-order valence-corrected chi connectivity index (χ4v) is 3.26. The van der Waals surface area contributed by atoms with Crippen molar-refractivity contribution in [1.29, 1.82) is 0 Å². The molecule has 1 fully saturated rings. The molecule has 0 aliphatic carbocycles. The Labute approximate surface area is 173 Å². The van der Waals surface area contributed by atoms with E-state index in [1.54, 1.807) is 19.2 Å². The number of hydrogen-bond donors (Lipinski definition) is 2. The average Bonchev–Trinajstić information content (AvgIpc) is 2.74. The molecular formula is C21H25F3N4O2. The van der Waals surface area contributed by atoms with Crippen LogP contribution in [-0.2, 0) is 28.8 Å². The number of halogens is 3. The molecule has 9 heteroatoms. The first-order valence-electron chi connectivity index (χ1n) is 9.55.